The summed E-state index contributed by atoms with van der Waals surface area (Å²) in [4.78, 5) is 28.7. The van der Waals surface area contributed by atoms with Gasteiger partial charge in [0.2, 0.25) is 5.43 Å². The number of halogens is 2. The molecule has 0 unspecified atom stereocenters. The number of amides is 1. The van der Waals surface area contributed by atoms with Gasteiger partial charge in [0.05, 0.1) is 6.04 Å². The SMILES string of the molecule is CC(C)[C@@H]1/C=C\COc2cc(F)c(F)c3c2[C@H](c2ccccc2SC3)N2CN1C(=O)c1c(O)c(=O)ccn12. The number of pyridine rings is 1. The molecule has 1 N–H and O–H groups in total. The maximum absolute atomic E-state index is 15.4. The normalized spacial score (nSPS) is 21.0. The van der Waals surface area contributed by atoms with Gasteiger partial charge in [-0.25, -0.2) is 8.78 Å². The minimum atomic E-state index is -1.000. The highest BCUT2D eigenvalue weighted by atomic mass is 32.2. The van der Waals surface area contributed by atoms with Crippen molar-refractivity contribution in [3.05, 3.63) is 99.0 Å². The number of carbonyl (C=O) groups excluding carboxylic acids is 1. The third-order valence-electron chi connectivity index (χ3n) is 7.28. The van der Waals surface area contributed by atoms with E-state index in [2.05, 4.69) is 0 Å². The van der Waals surface area contributed by atoms with Crippen LogP contribution < -0.4 is 15.2 Å². The first kappa shape index (κ1) is 24.5. The second-order valence-corrected chi connectivity index (χ2v) is 10.9. The van der Waals surface area contributed by atoms with Crippen LogP contribution in [0.5, 0.6) is 11.5 Å². The highest BCUT2D eigenvalue weighted by Gasteiger charge is 2.43. The largest absolute Gasteiger partial charge is 0.502 e. The van der Waals surface area contributed by atoms with Crippen molar-refractivity contribution < 1.29 is 23.4 Å². The molecule has 2 atom stereocenters. The molecule has 196 valence electrons. The van der Waals surface area contributed by atoms with Crippen molar-refractivity contribution in [3.63, 3.8) is 0 Å². The lowest BCUT2D eigenvalue weighted by molar-refractivity contribution is 0.0587. The van der Waals surface area contributed by atoms with E-state index in [4.69, 9.17) is 4.74 Å². The third kappa shape index (κ3) is 3.69. The lowest BCUT2D eigenvalue weighted by Crippen LogP contribution is -2.58. The zero-order chi connectivity index (χ0) is 26.7. The fourth-order valence-electron chi connectivity index (χ4n) is 5.49. The van der Waals surface area contributed by atoms with Crippen molar-refractivity contribution in [1.29, 1.82) is 0 Å². The number of aromatic hydroxyl groups is 1. The Bertz CT molecular complexity index is 1550. The van der Waals surface area contributed by atoms with Gasteiger partial charge in [-0.3, -0.25) is 19.3 Å². The van der Waals surface area contributed by atoms with Crippen LogP contribution in [-0.2, 0) is 5.75 Å². The van der Waals surface area contributed by atoms with Crippen LogP contribution in [0.4, 0.5) is 8.78 Å². The molecule has 6 rings (SSSR count). The summed E-state index contributed by atoms with van der Waals surface area (Å²) in [6, 6.07) is 8.70. The Labute approximate surface area is 221 Å². The molecule has 7 nitrogen and oxygen atoms in total. The zero-order valence-electron chi connectivity index (χ0n) is 20.7. The van der Waals surface area contributed by atoms with Gasteiger partial charge in [-0.1, -0.05) is 38.1 Å². The summed E-state index contributed by atoms with van der Waals surface area (Å²) >= 11 is 1.39. The summed E-state index contributed by atoms with van der Waals surface area (Å²) in [6.45, 7) is 4.08. The molecular weight excluding hydrogens is 512 g/mol. The van der Waals surface area contributed by atoms with Crippen molar-refractivity contribution >= 4 is 17.7 Å². The van der Waals surface area contributed by atoms with E-state index in [9.17, 15) is 19.1 Å². The number of hydrogen-bond donors (Lipinski definition) is 1. The lowest BCUT2D eigenvalue weighted by Gasteiger charge is -2.46. The predicted octanol–water partition coefficient (Wildman–Crippen LogP) is 4.55. The highest BCUT2D eigenvalue weighted by Crippen LogP contribution is 2.47. The molecule has 0 radical (unpaired) electrons. The number of nitrogens with zero attached hydrogens (tertiary/aromatic N) is 3. The molecule has 0 fully saturated rings. The molecule has 3 aliphatic heterocycles. The second kappa shape index (κ2) is 9.20. The van der Waals surface area contributed by atoms with E-state index < -0.39 is 40.8 Å². The molecule has 1 aromatic heterocycles. The smallest absolute Gasteiger partial charge is 0.278 e. The quantitative estimate of drug-likeness (QED) is 0.459. The van der Waals surface area contributed by atoms with Crippen LogP contribution in [0.3, 0.4) is 0 Å². The van der Waals surface area contributed by atoms with E-state index in [1.165, 1.54) is 28.7 Å². The standard InChI is InChI=1S/C28H25F2N3O4S/c1-15(2)19-7-5-11-37-21-12-18(29)24(30)17-13-38-22-8-4-3-6-16(22)25(23(17)21)33-14-31(19)28(36)26-27(35)20(34)9-10-32(26)33/h3-10,12,15,19,25,35H,11,13-14H2,1-2H3/b7-5-/t19-,25-/m0/s1. The number of hydrogen-bond acceptors (Lipinski definition) is 6. The van der Waals surface area contributed by atoms with Gasteiger partial charge in [-0.15, -0.1) is 11.8 Å². The number of thioether (sulfide) groups is 1. The van der Waals surface area contributed by atoms with E-state index in [1.807, 2.05) is 44.2 Å². The molecule has 2 bridgehead atoms. The first-order valence-electron chi connectivity index (χ1n) is 12.3. The Morgan fingerprint density at radius 3 is 2.74 bits per heavy atom. The zero-order valence-corrected chi connectivity index (χ0v) is 21.5. The average Bonchev–Trinajstić information content (AvgIpc) is 3.08. The molecule has 3 aliphatic rings. The topological polar surface area (TPSA) is 75.0 Å². The maximum Gasteiger partial charge on any atom is 0.278 e. The summed E-state index contributed by atoms with van der Waals surface area (Å²) < 4.78 is 37.8. The van der Waals surface area contributed by atoms with Crippen LogP contribution in [0.1, 0.15) is 47.1 Å². The number of fused-ring (bicyclic) bond motifs is 7. The average molecular weight is 538 g/mol. The van der Waals surface area contributed by atoms with Crippen LogP contribution in [0.15, 0.2) is 64.4 Å². The molecule has 10 heteroatoms. The van der Waals surface area contributed by atoms with Gasteiger partial charge in [0, 0.05) is 40.1 Å². The van der Waals surface area contributed by atoms with Crippen molar-refractivity contribution in [1.82, 2.24) is 9.58 Å². The Kier molecular flexibility index (Phi) is 5.94. The van der Waals surface area contributed by atoms with Gasteiger partial charge in [0.15, 0.2) is 23.1 Å². The Morgan fingerprint density at radius 2 is 1.95 bits per heavy atom. The Hall–Kier alpha value is -3.79. The minimum absolute atomic E-state index is 0.0215. The number of benzene rings is 2. The van der Waals surface area contributed by atoms with Crippen molar-refractivity contribution in [2.75, 3.05) is 18.3 Å². The summed E-state index contributed by atoms with van der Waals surface area (Å²) in [7, 11) is 0. The van der Waals surface area contributed by atoms with E-state index in [-0.39, 0.29) is 42.0 Å². The molecule has 0 saturated heterocycles. The molecule has 2 aromatic carbocycles. The molecule has 4 heterocycles. The number of ether oxygens (including phenoxy) is 1. The predicted molar refractivity (Wildman–Crippen MR) is 139 cm³/mol. The molecule has 3 aromatic rings. The Balaban J connectivity index is 1.72. The fourth-order valence-corrected chi connectivity index (χ4v) is 6.59. The number of rotatable bonds is 1. The molecule has 0 saturated carbocycles. The van der Waals surface area contributed by atoms with E-state index >= 15 is 4.39 Å². The van der Waals surface area contributed by atoms with Gasteiger partial charge in [0.25, 0.3) is 5.91 Å². The van der Waals surface area contributed by atoms with Crippen LogP contribution in [-0.4, -0.2) is 39.9 Å². The van der Waals surface area contributed by atoms with Crippen LogP contribution in [0.2, 0.25) is 0 Å². The van der Waals surface area contributed by atoms with Crippen LogP contribution >= 0.6 is 11.8 Å². The van der Waals surface area contributed by atoms with Gasteiger partial charge >= 0.3 is 0 Å². The third-order valence-corrected chi connectivity index (χ3v) is 8.40. The Morgan fingerprint density at radius 1 is 1.16 bits per heavy atom. The first-order chi connectivity index (χ1) is 18.3. The molecule has 38 heavy (non-hydrogen) atoms. The van der Waals surface area contributed by atoms with Crippen molar-refractivity contribution in [2.45, 2.75) is 36.6 Å². The van der Waals surface area contributed by atoms with E-state index in [0.29, 0.717) is 5.56 Å². The lowest BCUT2D eigenvalue weighted by atomic mass is 9.92. The molecule has 0 spiro atoms. The second-order valence-electron chi connectivity index (χ2n) is 9.84. The first-order valence-corrected chi connectivity index (χ1v) is 13.3. The summed E-state index contributed by atoms with van der Waals surface area (Å²) in [5, 5.41) is 12.6. The molecular formula is C28H25F2N3O4S. The summed E-state index contributed by atoms with van der Waals surface area (Å²) in [6.07, 6.45) is 5.03. The fraction of sp³-hybridized carbons (Fsp3) is 0.286. The van der Waals surface area contributed by atoms with Crippen LogP contribution in [0, 0.1) is 17.6 Å². The maximum atomic E-state index is 15.4. The number of carbonyl (C=O) groups is 1. The van der Waals surface area contributed by atoms with E-state index in [0.717, 1.165) is 16.5 Å². The number of aromatic nitrogens is 1. The van der Waals surface area contributed by atoms with Gasteiger partial charge in [-0.2, -0.15) is 0 Å². The van der Waals surface area contributed by atoms with E-state index in [1.54, 1.807) is 16.0 Å². The molecule has 1 amide bonds. The minimum Gasteiger partial charge on any atom is -0.502 e. The summed E-state index contributed by atoms with van der Waals surface area (Å²) in [5.74, 6) is -2.76. The summed E-state index contributed by atoms with van der Waals surface area (Å²) in [5.41, 5.74) is 0.560. The highest BCUT2D eigenvalue weighted by molar-refractivity contribution is 7.98. The van der Waals surface area contributed by atoms with Gasteiger partial charge in [-0.05, 0) is 23.6 Å². The van der Waals surface area contributed by atoms with Gasteiger partial charge in [0.1, 0.15) is 25.1 Å². The van der Waals surface area contributed by atoms with Gasteiger partial charge < -0.3 is 14.7 Å². The monoisotopic (exact) mass is 537 g/mol. The van der Waals surface area contributed by atoms with Crippen molar-refractivity contribution in [2.24, 2.45) is 5.92 Å². The van der Waals surface area contributed by atoms with Crippen LogP contribution in [0.25, 0.3) is 0 Å². The van der Waals surface area contributed by atoms with Crippen molar-refractivity contribution in [3.8, 4) is 11.5 Å². The molecule has 0 aliphatic carbocycles.